The molecule has 112 valence electrons. The summed E-state index contributed by atoms with van der Waals surface area (Å²) >= 11 is 0. The molecule has 1 aromatic carbocycles. The fourth-order valence-corrected chi connectivity index (χ4v) is 1.63. The molecule has 1 unspecified atom stereocenters. The van der Waals surface area contributed by atoms with Crippen LogP contribution in [0.15, 0.2) is 24.3 Å². The minimum Gasteiger partial charge on any atom is -0.435 e. The maximum absolute atomic E-state index is 12.0. The van der Waals surface area contributed by atoms with Gasteiger partial charge in [0.25, 0.3) is 0 Å². The van der Waals surface area contributed by atoms with Crippen molar-refractivity contribution in [1.82, 2.24) is 5.32 Å². The van der Waals surface area contributed by atoms with Crippen molar-refractivity contribution in [2.24, 2.45) is 0 Å². The molecule has 20 heavy (non-hydrogen) atoms. The zero-order valence-electron chi connectivity index (χ0n) is 11.3. The standard InChI is InChI=1S/C14H19F2NO3/c1-2-3-4-13(19)17-9-12(18)10-5-7-11(8-6-10)20-14(15)16/h5-8,12,14,18H,2-4,9H2,1H3,(H,17,19). The first-order valence-electron chi connectivity index (χ1n) is 6.52. The summed E-state index contributed by atoms with van der Waals surface area (Å²) in [6, 6.07) is 5.67. The molecule has 0 saturated carbocycles. The number of hydrogen-bond acceptors (Lipinski definition) is 3. The van der Waals surface area contributed by atoms with Gasteiger partial charge in [-0.1, -0.05) is 25.5 Å². The van der Waals surface area contributed by atoms with Crippen LogP contribution in [0.3, 0.4) is 0 Å². The molecule has 1 rings (SSSR count). The minimum atomic E-state index is -2.87. The van der Waals surface area contributed by atoms with E-state index in [1.165, 1.54) is 24.3 Å². The van der Waals surface area contributed by atoms with Crippen molar-refractivity contribution < 1.29 is 23.4 Å². The number of halogens is 2. The third-order valence-electron chi connectivity index (χ3n) is 2.74. The maximum atomic E-state index is 12.0. The number of amides is 1. The molecule has 2 N–H and O–H groups in total. The van der Waals surface area contributed by atoms with Crippen molar-refractivity contribution in [2.45, 2.75) is 38.9 Å². The maximum Gasteiger partial charge on any atom is 0.387 e. The van der Waals surface area contributed by atoms with E-state index in [4.69, 9.17) is 0 Å². The predicted molar refractivity (Wildman–Crippen MR) is 70.6 cm³/mol. The zero-order valence-corrected chi connectivity index (χ0v) is 11.3. The van der Waals surface area contributed by atoms with Crippen molar-refractivity contribution in [3.05, 3.63) is 29.8 Å². The van der Waals surface area contributed by atoms with E-state index in [1.807, 2.05) is 6.92 Å². The van der Waals surface area contributed by atoms with Gasteiger partial charge >= 0.3 is 6.61 Å². The normalized spacial score (nSPS) is 12.2. The fourth-order valence-electron chi connectivity index (χ4n) is 1.63. The highest BCUT2D eigenvalue weighted by atomic mass is 19.3. The number of ether oxygens (including phenoxy) is 1. The van der Waals surface area contributed by atoms with Gasteiger partial charge in [-0.3, -0.25) is 4.79 Å². The van der Waals surface area contributed by atoms with Gasteiger partial charge in [0.2, 0.25) is 5.91 Å². The number of nitrogens with one attached hydrogen (secondary N) is 1. The lowest BCUT2D eigenvalue weighted by Gasteiger charge is -2.13. The molecule has 1 aromatic rings. The Morgan fingerprint density at radius 1 is 1.35 bits per heavy atom. The van der Waals surface area contributed by atoms with Gasteiger partial charge in [-0.25, -0.2) is 0 Å². The van der Waals surface area contributed by atoms with Gasteiger partial charge in [0.1, 0.15) is 5.75 Å². The highest BCUT2D eigenvalue weighted by Crippen LogP contribution is 2.18. The van der Waals surface area contributed by atoms with E-state index in [0.717, 1.165) is 12.8 Å². The molecular formula is C14H19F2NO3. The second-order valence-electron chi connectivity index (χ2n) is 4.37. The van der Waals surface area contributed by atoms with Gasteiger partial charge in [0.05, 0.1) is 6.10 Å². The average Bonchev–Trinajstić information content (AvgIpc) is 2.42. The molecule has 0 heterocycles. The number of unbranched alkanes of at least 4 members (excludes halogenated alkanes) is 1. The summed E-state index contributed by atoms with van der Waals surface area (Å²) < 4.78 is 28.2. The van der Waals surface area contributed by atoms with E-state index < -0.39 is 12.7 Å². The second kappa shape index (κ2) is 8.47. The predicted octanol–water partition coefficient (Wildman–Crippen LogP) is 2.63. The van der Waals surface area contributed by atoms with Gasteiger partial charge in [-0.05, 0) is 24.1 Å². The van der Waals surface area contributed by atoms with E-state index in [-0.39, 0.29) is 18.2 Å². The molecule has 1 amide bonds. The van der Waals surface area contributed by atoms with Crippen molar-refractivity contribution in [1.29, 1.82) is 0 Å². The number of carbonyl (C=O) groups is 1. The number of benzene rings is 1. The monoisotopic (exact) mass is 287 g/mol. The summed E-state index contributed by atoms with van der Waals surface area (Å²) in [6.45, 7) is -0.786. The smallest absolute Gasteiger partial charge is 0.387 e. The Morgan fingerprint density at radius 2 is 2.00 bits per heavy atom. The third-order valence-corrected chi connectivity index (χ3v) is 2.74. The highest BCUT2D eigenvalue weighted by Gasteiger charge is 2.10. The van der Waals surface area contributed by atoms with Crippen LogP contribution in [-0.2, 0) is 4.79 Å². The molecule has 0 aliphatic rings. The van der Waals surface area contributed by atoms with E-state index in [1.54, 1.807) is 0 Å². The van der Waals surface area contributed by atoms with Gasteiger partial charge in [-0.15, -0.1) is 0 Å². The molecule has 0 aliphatic heterocycles. The number of aliphatic hydroxyl groups is 1. The Labute approximate surface area is 116 Å². The highest BCUT2D eigenvalue weighted by molar-refractivity contribution is 5.75. The van der Waals surface area contributed by atoms with Crippen LogP contribution in [0.25, 0.3) is 0 Å². The van der Waals surface area contributed by atoms with Gasteiger partial charge in [0.15, 0.2) is 0 Å². The summed E-state index contributed by atoms with van der Waals surface area (Å²) in [5, 5.41) is 12.5. The molecule has 1 atom stereocenters. The molecule has 0 bridgehead atoms. The third kappa shape index (κ3) is 5.97. The Hall–Kier alpha value is -1.69. The summed E-state index contributed by atoms with van der Waals surface area (Å²) in [4.78, 5) is 11.4. The molecular weight excluding hydrogens is 268 g/mol. The van der Waals surface area contributed by atoms with Crippen LogP contribution in [0.1, 0.15) is 37.9 Å². The van der Waals surface area contributed by atoms with Crippen molar-refractivity contribution in [3.63, 3.8) is 0 Å². The summed E-state index contributed by atoms with van der Waals surface area (Å²) in [7, 11) is 0. The van der Waals surface area contributed by atoms with E-state index >= 15 is 0 Å². The van der Waals surface area contributed by atoms with Gasteiger partial charge in [-0.2, -0.15) is 8.78 Å². The van der Waals surface area contributed by atoms with Crippen LogP contribution < -0.4 is 10.1 Å². The Morgan fingerprint density at radius 3 is 2.55 bits per heavy atom. The van der Waals surface area contributed by atoms with Crippen molar-refractivity contribution in [3.8, 4) is 5.75 Å². The Bertz CT molecular complexity index is 409. The SMILES string of the molecule is CCCCC(=O)NCC(O)c1ccc(OC(F)F)cc1. The van der Waals surface area contributed by atoms with Crippen molar-refractivity contribution in [2.75, 3.05) is 6.54 Å². The number of aliphatic hydroxyl groups excluding tert-OH is 1. The van der Waals surface area contributed by atoms with Gasteiger partial charge in [0, 0.05) is 13.0 Å². The molecule has 0 aromatic heterocycles. The number of rotatable bonds is 8. The molecule has 0 spiro atoms. The quantitative estimate of drug-likeness (QED) is 0.772. The Kier molecular flexibility index (Phi) is 6.93. The van der Waals surface area contributed by atoms with Crippen LogP contribution in [0.2, 0.25) is 0 Å². The summed E-state index contributed by atoms with van der Waals surface area (Å²) in [5.41, 5.74) is 0.530. The molecule has 4 nitrogen and oxygen atoms in total. The average molecular weight is 287 g/mol. The Balaban J connectivity index is 2.43. The van der Waals surface area contributed by atoms with E-state index in [9.17, 15) is 18.7 Å². The molecule has 0 saturated heterocycles. The minimum absolute atomic E-state index is 0.0305. The van der Waals surface area contributed by atoms with E-state index in [0.29, 0.717) is 12.0 Å². The largest absolute Gasteiger partial charge is 0.435 e. The topological polar surface area (TPSA) is 58.6 Å². The van der Waals surface area contributed by atoms with Gasteiger partial charge < -0.3 is 15.2 Å². The van der Waals surface area contributed by atoms with Crippen LogP contribution in [0.5, 0.6) is 5.75 Å². The summed E-state index contributed by atoms with van der Waals surface area (Å²) in [5.74, 6) is -0.0773. The van der Waals surface area contributed by atoms with E-state index in [2.05, 4.69) is 10.1 Å². The summed E-state index contributed by atoms with van der Waals surface area (Å²) in [6.07, 6.45) is 1.30. The first-order chi connectivity index (χ1) is 9.52. The molecule has 0 radical (unpaired) electrons. The van der Waals surface area contributed by atoms with Crippen molar-refractivity contribution >= 4 is 5.91 Å². The first kappa shape index (κ1) is 16.4. The second-order valence-corrected chi connectivity index (χ2v) is 4.37. The number of alkyl halides is 2. The molecule has 0 aliphatic carbocycles. The number of carbonyl (C=O) groups excluding carboxylic acids is 1. The lowest BCUT2D eigenvalue weighted by Crippen LogP contribution is -2.28. The van der Waals surface area contributed by atoms with Crippen LogP contribution >= 0.6 is 0 Å². The lowest BCUT2D eigenvalue weighted by molar-refractivity contribution is -0.121. The number of hydrogen-bond donors (Lipinski definition) is 2. The van der Waals surface area contributed by atoms with Crippen LogP contribution in [0, 0.1) is 0 Å². The molecule has 6 heteroatoms. The fraction of sp³-hybridized carbons (Fsp3) is 0.500. The van der Waals surface area contributed by atoms with Crippen LogP contribution in [-0.4, -0.2) is 24.2 Å². The zero-order chi connectivity index (χ0) is 15.0. The lowest BCUT2D eigenvalue weighted by atomic mass is 10.1. The molecule has 0 fully saturated rings. The first-order valence-corrected chi connectivity index (χ1v) is 6.52. The van der Waals surface area contributed by atoms with Crippen LogP contribution in [0.4, 0.5) is 8.78 Å².